The summed E-state index contributed by atoms with van der Waals surface area (Å²) in [5.74, 6) is 2.10. The molecule has 1 aromatic rings. The van der Waals surface area contributed by atoms with E-state index in [1.165, 1.54) is 12.8 Å². The lowest BCUT2D eigenvalue weighted by Gasteiger charge is -2.48. The lowest BCUT2D eigenvalue weighted by molar-refractivity contribution is -0.138. The molecule has 3 heterocycles. The predicted octanol–water partition coefficient (Wildman–Crippen LogP) is 2.91. The summed E-state index contributed by atoms with van der Waals surface area (Å²) in [6.07, 6.45) is 8.23. The highest BCUT2D eigenvalue weighted by Crippen LogP contribution is 2.45. The molecule has 5 heteroatoms. The smallest absolute Gasteiger partial charge is 0.222 e. The Balaban J connectivity index is 1.34. The Morgan fingerprint density at radius 3 is 2.84 bits per heavy atom. The van der Waals surface area contributed by atoms with Crippen molar-refractivity contribution < 1.29 is 14.3 Å². The number of carbonyl (C=O) groups is 1. The Hall–Kier alpha value is -1.62. The maximum Gasteiger partial charge on any atom is 0.222 e. The van der Waals surface area contributed by atoms with Crippen LogP contribution in [0.1, 0.15) is 38.5 Å². The first-order valence-corrected chi connectivity index (χ1v) is 9.64. The van der Waals surface area contributed by atoms with Gasteiger partial charge in [0, 0.05) is 44.3 Å². The third-order valence-electron chi connectivity index (χ3n) is 6.27. The SMILES string of the molecule is O=C(CC1CC1)N1CCC2(CCOC[C@@H]2COc2ccccn2)CC1. The molecule has 0 aromatic carbocycles. The number of piperidine rings is 1. The van der Waals surface area contributed by atoms with E-state index in [9.17, 15) is 4.79 Å². The van der Waals surface area contributed by atoms with E-state index in [0.717, 1.165) is 52.0 Å². The molecule has 1 amide bonds. The first kappa shape index (κ1) is 16.8. The normalized spacial score (nSPS) is 25.8. The molecular weight excluding hydrogens is 316 g/mol. The largest absolute Gasteiger partial charge is 0.477 e. The third-order valence-corrected chi connectivity index (χ3v) is 6.27. The summed E-state index contributed by atoms with van der Waals surface area (Å²) in [5, 5.41) is 0. The van der Waals surface area contributed by atoms with Gasteiger partial charge in [-0.1, -0.05) is 6.07 Å². The fourth-order valence-electron chi connectivity index (χ4n) is 4.28. The molecule has 1 spiro atoms. The number of aromatic nitrogens is 1. The quantitative estimate of drug-likeness (QED) is 0.824. The van der Waals surface area contributed by atoms with Gasteiger partial charge in [-0.05, 0) is 49.5 Å². The molecule has 25 heavy (non-hydrogen) atoms. The van der Waals surface area contributed by atoms with Crippen molar-refractivity contribution in [3.05, 3.63) is 24.4 Å². The van der Waals surface area contributed by atoms with Crippen molar-refractivity contribution in [1.29, 1.82) is 0 Å². The summed E-state index contributed by atoms with van der Waals surface area (Å²) >= 11 is 0. The lowest BCUT2D eigenvalue weighted by atomic mass is 9.66. The number of rotatable bonds is 5. The number of hydrogen-bond acceptors (Lipinski definition) is 4. The second kappa shape index (κ2) is 7.32. The van der Waals surface area contributed by atoms with E-state index in [1.54, 1.807) is 6.20 Å². The summed E-state index contributed by atoms with van der Waals surface area (Å²) in [5.41, 5.74) is 0.253. The molecule has 0 bridgehead atoms. The molecule has 136 valence electrons. The number of hydrogen-bond donors (Lipinski definition) is 0. The van der Waals surface area contributed by atoms with Crippen molar-refractivity contribution in [2.45, 2.75) is 38.5 Å². The van der Waals surface area contributed by atoms with E-state index < -0.39 is 0 Å². The Morgan fingerprint density at radius 1 is 1.28 bits per heavy atom. The fourth-order valence-corrected chi connectivity index (χ4v) is 4.28. The first-order chi connectivity index (χ1) is 12.3. The van der Waals surface area contributed by atoms with Crippen molar-refractivity contribution in [3.8, 4) is 5.88 Å². The van der Waals surface area contributed by atoms with Gasteiger partial charge in [-0.3, -0.25) is 4.79 Å². The Labute approximate surface area is 149 Å². The van der Waals surface area contributed by atoms with Crippen LogP contribution in [-0.4, -0.2) is 48.7 Å². The van der Waals surface area contributed by atoms with Gasteiger partial charge in [-0.2, -0.15) is 0 Å². The number of likely N-dealkylation sites (tertiary alicyclic amines) is 1. The number of ether oxygens (including phenoxy) is 2. The van der Waals surface area contributed by atoms with Gasteiger partial charge in [-0.15, -0.1) is 0 Å². The Morgan fingerprint density at radius 2 is 2.12 bits per heavy atom. The number of amides is 1. The van der Waals surface area contributed by atoms with Crippen molar-refractivity contribution in [3.63, 3.8) is 0 Å². The summed E-state index contributed by atoms with van der Waals surface area (Å²) in [6.45, 7) is 4.02. The van der Waals surface area contributed by atoms with Crippen LogP contribution in [0.3, 0.4) is 0 Å². The predicted molar refractivity (Wildman–Crippen MR) is 94.2 cm³/mol. The van der Waals surface area contributed by atoms with Crippen LogP contribution >= 0.6 is 0 Å². The number of carbonyl (C=O) groups excluding carboxylic acids is 1. The molecule has 5 nitrogen and oxygen atoms in total. The minimum Gasteiger partial charge on any atom is -0.477 e. The Bertz CT molecular complexity index is 580. The number of pyridine rings is 1. The van der Waals surface area contributed by atoms with E-state index in [0.29, 0.717) is 30.2 Å². The molecule has 1 aromatic heterocycles. The average Bonchev–Trinajstić information content (AvgIpc) is 3.46. The van der Waals surface area contributed by atoms with Gasteiger partial charge in [0.1, 0.15) is 0 Å². The molecule has 1 atom stereocenters. The molecule has 3 aliphatic rings. The fraction of sp³-hybridized carbons (Fsp3) is 0.700. The second-order valence-electron chi connectivity index (χ2n) is 7.89. The van der Waals surface area contributed by atoms with Gasteiger partial charge in [0.15, 0.2) is 0 Å². The zero-order chi connectivity index (χ0) is 17.1. The second-order valence-corrected chi connectivity index (χ2v) is 7.89. The maximum absolute atomic E-state index is 12.4. The van der Waals surface area contributed by atoms with Crippen LogP contribution in [0.25, 0.3) is 0 Å². The zero-order valence-corrected chi connectivity index (χ0v) is 14.9. The van der Waals surface area contributed by atoms with E-state index in [1.807, 2.05) is 18.2 Å². The summed E-state index contributed by atoms with van der Waals surface area (Å²) < 4.78 is 11.7. The highest BCUT2D eigenvalue weighted by molar-refractivity contribution is 5.76. The first-order valence-electron chi connectivity index (χ1n) is 9.64. The van der Waals surface area contributed by atoms with Crippen LogP contribution in [0.4, 0.5) is 0 Å². The number of nitrogens with zero attached hydrogens (tertiary/aromatic N) is 2. The topological polar surface area (TPSA) is 51.7 Å². The summed E-state index contributed by atoms with van der Waals surface area (Å²) in [6, 6.07) is 5.74. The molecule has 1 aliphatic carbocycles. The van der Waals surface area contributed by atoms with Crippen molar-refractivity contribution in [2.24, 2.45) is 17.3 Å². The summed E-state index contributed by atoms with van der Waals surface area (Å²) in [7, 11) is 0. The molecule has 1 saturated carbocycles. The highest BCUT2D eigenvalue weighted by atomic mass is 16.5. The van der Waals surface area contributed by atoms with Crippen LogP contribution in [0.2, 0.25) is 0 Å². The molecule has 4 rings (SSSR count). The van der Waals surface area contributed by atoms with Gasteiger partial charge < -0.3 is 14.4 Å². The van der Waals surface area contributed by atoms with Crippen LogP contribution in [0, 0.1) is 17.3 Å². The van der Waals surface area contributed by atoms with Crippen molar-refractivity contribution in [2.75, 3.05) is 32.9 Å². The van der Waals surface area contributed by atoms with Crippen molar-refractivity contribution in [1.82, 2.24) is 9.88 Å². The van der Waals surface area contributed by atoms with Gasteiger partial charge in [0.2, 0.25) is 11.8 Å². The Kier molecular flexibility index (Phi) is 4.93. The molecule has 2 aliphatic heterocycles. The van der Waals surface area contributed by atoms with Crippen LogP contribution < -0.4 is 4.74 Å². The third kappa shape index (κ3) is 3.97. The molecule has 3 fully saturated rings. The van der Waals surface area contributed by atoms with E-state index >= 15 is 0 Å². The van der Waals surface area contributed by atoms with E-state index in [4.69, 9.17) is 9.47 Å². The van der Waals surface area contributed by atoms with E-state index in [-0.39, 0.29) is 5.41 Å². The maximum atomic E-state index is 12.4. The van der Waals surface area contributed by atoms with Gasteiger partial charge in [0.25, 0.3) is 0 Å². The van der Waals surface area contributed by atoms with Crippen LogP contribution in [-0.2, 0) is 9.53 Å². The lowest BCUT2D eigenvalue weighted by Crippen LogP contribution is -2.51. The standard InChI is InChI=1S/C20H28N2O3/c23-19(13-16-4-5-16)22-10-6-20(7-11-22)8-12-24-14-17(20)15-25-18-3-1-2-9-21-18/h1-3,9,16-17H,4-8,10-15H2/t17-/m1/s1. The van der Waals surface area contributed by atoms with Crippen LogP contribution in [0.15, 0.2) is 24.4 Å². The minimum atomic E-state index is 0.253. The van der Waals surface area contributed by atoms with Crippen LogP contribution in [0.5, 0.6) is 5.88 Å². The van der Waals surface area contributed by atoms with Gasteiger partial charge >= 0.3 is 0 Å². The van der Waals surface area contributed by atoms with Gasteiger partial charge in [0.05, 0.1) is 13.2 Å². The highest BCUT2D eigenvalue weighted by Gasteiger charge is 2.44. The minimum absolute atomic E-state index is 0.253. The van der Waals surface area contributed by atoms with E-state index in [2.05, 4.69) is 9.88 Å². The average molecular weight is 344 g/mol. The molecular formula is C20H28N2O3. The molecule has 0 unspecified atom stereocenters. The van der Waals surface area contributed by atoms with Crippen molar-refractivity contribution >= 4 is 5.91 Å². The van der Waals surface area contributed by atoms with Gasteiger partial charge in [-0.25, -0.2) is 4.98 Å². The zero-order valence-electron chi connectivity index (χ0n) is 14.9. The summed E-state index contributed by atoms with van der Waals surface area (Å²) in [4.78, 5) is 18.7. The molecule has 2 saturated heterocycles. The molecule has 0 radical (unpaired) electrons. The molecule has 0 N–H and O–H groups in total. The monoisotopic (exact) mass is 344 g/mol.